The summed E-state index contributed by atoms with van der Waals surface area (Å²) in [5.74, 6) is 1.05. The lowest BCUT2D eigenvalue weighted by molar-refractivity contribution is -0.0172. The van der Waals surface area contributed by atoms with Crippen LogP contribution < -0.4 is 4.90 Å². The van der Waals surface area contributed by atoms with Gasteiger partial charge in [0.1, 0.15) is 5.82 Å². The Kier molecular flexibility index (Phi) is 5.93. The number of halogens is 1. The number of likely N-dealkylation sites (tertiary alicyclic amines) is 1. The topological polar surface area (TPSA) is 42.8 Å². The fourth-order valence-corrected chi connectivity index (χ4v) is 4.35. The van der Waals surface area contributed by atoms with Gasteiger partial charge in [-0.3, -0.25) is 9.80 Å². The van der Waals surface area contributed by atoms with Crippen LogP contribution >= 0.6 is 11.6 Å². The summed E-state index contributed by atoms with van der Waals surface area (Å²) in [6.45, 7) is 6.52. The molecule has 0 unspecified atom stereocenters. The number of pyridine rings is 1. The summed E-state index contributed by atoms with van der Waals surface area (Å²) in [7, 11) is 0. The number of piperazine rings is 1. The van der Waals surface area contributed by atoms with Gasteiger partial charge in [0.2, 0.25) is 0 Å². The van der Waals surface area contributed by atoms with Gasteiger partial charge in [-0.25, -0.2) is 4.98 Å². The van der Waals surface area contributed by atoms with Crippen molar-refractivity contribution in [2.45, 2.75) is 25.1 Å². The van der Waals surface area contributed by atoms with E-state index >= 15 is 0 Å². The number of anilines is 1. The first-order valence-electron chi connectivity index (χ1n) is 9.74. The second-order valence-corrected chi connectivity index (χ2v) is 7.93. The second kappa shape index (κ2) is 8.57. The summed E-state index contributed by atoms with van der Waals surface area (Å²) < 4.78 is 0. The molecule has 27 heavy (non-hydrogen) atoms. The van der Waals surface area contributed by atoms with Crippen LogP contribution in [0.1, 0.15) is 12.0 Å². The fourth-order valence-electron chi connectivity index (χ4n) is 4.23. The third kappa shape index (κ3) is 4.61. The quantitative estimate of drug-likeness (QED) is 0.874. The molecule has 5 nitrogen and oxygen atoms in total. The summed E-state index contributed by atoms with van der Waals surface area (Å²) in [6.07, 6.45) is 2.56. The zero-order chi connectivity index (χ0) is 18.6. The first-order valence-corrected chi connectivity index (χ1v) is 10.1. The molecule has 1 aromatic carbocycles. The first kappa shape index (κ1) is 18.7. The maximum atomic E-state index is 10.8. The van der Waals surface area contributed by atoms with E-state index in [2.05, 4.69) is 37.9 Å². The molecule has 2 aliphatic heterocycles. The summed E-state index contributed by atoms with van der Waals surface area (Å²) in [6, 6.07) is 14.3. The minimum atomic E-state index is -0.299. The van der Waals surface area contributed by atoms with Crippen LogP contribution in [0.15, 0.2) is 48.7 Å². The summed E-state index contributed by atoms with van der Waals surface area (Å²) in [5, 5.41) is 11.5. The minimum absolute atomic E-state index is 0.261. The minimum Gasteiger partial charge on any atom is -0.390 e. The predicted octanol–water partition coefficient (Wildman–Crippen LogP) is 2.49. The highest BCUT2D eigenvalue weighted by molar-refractivity contribution is 6.30. The number of aromatic nitrogens is 1. The van der Waals surface area contributed by atoms with E-state index in [9.17, 15) is 5.11 Å². The van der Waals surface area contributed by atoms with Crippen LogP contribution in [0.4, 0.5) is 5.82 Å². The van der Waals surface area contributed by atoms with Crippen LogP contribution in [-0.4, -0.2) is 71.3 Å². The van der Waals surface area contributed by atoms with Gasteiger partial charge in [-0.15, -0.1) is 0 Å². The molecular formula is C21H27ClN4O. The Hall–Kier alpha value is -1.66. The van der Waals surface area contributed by atoms with E-state index in [4.69, 9.17) is 11.6 Å². The van der Waals surface area contributed by atoms with Crippen molar-refractivity contribution in [3.8, 4) is 0 Å². The number of aliphatic hydroxyl groups excluding tert-OH is 1. The Morgan fingerprint density at radius 1 is 1.00 bits per heavy atom. The molecule has 0 radical (unpaired) electrons. The average molecular weight is 387 g/mol. The Balaban J connectivity index is 1.28. The Labute approximate surface area is 166 Å². The number of piperidine rings is 1. The molecular weight excluding hydrogens is 360 g/mol. The lowest BCUT2D eigenvalue weighted by atomic mass is 9.98. The molecule has 0 aliphatic carbocycles. The lowest BCUT2D eigenvalue weighted by Crippen LogP contribution is -2.58. The highest BCUT2D eigenvalue weighted by Crippen LogP contribution is 2.22. The van der Waals surface area contributed by atoms with Crippen molar-refractivity contribution < 1.29 is 5.11 Å². The molecule has 1 N–H and O–H groups in total. The third-order valence-corrected chi connectivity index (χ3v) is 5.96. The summed E-state index contributed by atoms with van der Waals surface area (Å²) in [5.41, 5.74) is 1.24. The van der Waals surface area contributed by atoms with Gasteiger partial charge in [-0.05, 0) is 36.2 Å². The average Bonchev–Trinajstić information content (AvgIpc) is 2.71. The lowest BCUT2D eigenvalue weighted by Gasteiger charge is -2.45. The van der Waals surface area contributed by atoms with Crippen molar-refractivity contribution in [1.29, 1.82) is 0 Å². The van der Waals surface area contributed by atoms with Crippen LogP contribution in [0.2, 0.25) is 5.02 Å². The molecule has 1 aromatic heterocycles. The highest BCUT2D eigenvalue weighted by Gasteiger charge is 2.33. The smallest absolute Gasteiger partial charge is 0.128 e. The molecule has 144 valence electrons. The SMILES string of the molecule is O[C@@H]1CN(Cc2ccc(Cl)cc2)CC[C@H]1N1CCN(c2ccccn2)CC1. The number of hydrogen-bond donors (Lipinski definition) is 1. The van der Waals surface area contributed by atoms with Gasteiger partial charge in [0.05, 0.1) is 6.10 Å². The largest absolute Gasteiger partial charge is 0.390 e. The van der Waals surface area contributed by atoms with Crippen LogP contribution in [0.25, 0.3) is 0 Å². The predicted molar refractivity (Wildman–Crippen MR) is 109 cm³/mol. The van der Waals surface area contributed by atoms with Crippen molar-refractivity contribution in [3.63, 3.8) is 0 Å². The molecule has 3 heterocycles. The molecule has 0 spiro atoms. The van der Waals surface area contributed by atoms with E-state index in [0.29, 0.717) is 0 Å². The molecule has 2 aromatic rings. The molecule has 2 fully saturated rings. The zero-order valence-corrected chi connectivity index (χ0v) is 16.3. The van der Waals surface area contributed by atoms with Crippen molar-refractivity contribution in [2.75, 3.05) is 44.2 Å². The third-order valence-electron chi connectivity index (χ3n) is 5.71. The molecule has 2 aliphatic rings. The van der Waals surface area contributed by atoms with Crippen molar-refractivity contribution in [1.82, 2.24) is 14.8 Å². The maximum absolute atomic E-state index is 10.8. The molecule has 0 amide bonds. The standard InChI is InChI=1S/C21H27ClN4O/c22-18-6-4-17(5-7-18)15-24-10-8-19(20(27)16-24)25-11-13-26(14-12-25)21-3-1-2-9-23-21/h1-7,9,19-20,27H,8,10-16H2/t19-,20-/m1/s1. The number of β-amino-alcohol motifs (C(OH)–C–C–N with tert-alkyl or cyclic N) is 1. The van der Waals surface area contributed by atoms with E-state index < -0.39 is 0 Å². The van der Waals surface area contributed by atoms with Gasteiger partial charge in [-0.2, -0.15) is 0 Å². The number of rotatable bonds is 4. The van der Waals surface area contributed by atoms with Crippen LogP contribution in [0.5, 0.6) is 0 Å². The van der Waals surface area contributed by atoms with Gasteiger partial charge in [0, 0.05) is 63.1 Å². The molecule has 4 rings (SSSR count). The molecule has 2 saturated heterocycles. The van der Waals surface area contributed by atoms with E-state index in [1.54, 1.807) is 0 Å². The molecule has 0 saturated carbocycles. The highest BCUT2D eigenvalue weighted by atomic mass is 35.5. The number of hydrogen-bond acceptors (Lipinski definition) is 5. The number of aliphatic hydroxyl groups is 1. The van der Waals surface area contributed by atoms with Gasteiger partial charge in [-0.1, -0.05) is 29.8 Å². The normalized spacial score (nSPS) is 24.9. The van der Waals surface area contributed by atoms with E-state index in [1.165, 1.54) is 5.56 Å². The zero-order valence-electron chi connectivity index (χ0n) is 15.5. The van der Waals surface area contributed by atoms with Gasteiger partial charge < -0.3 is 10.0 Å². The maximum Gasteiger partial charge on any atom is 0.128 e. The molecule has 0 bridgehead atoms. The van der Waals surface area contributed by atoms with E-state index in [1.807, 2.05) is 30.5 Å². The van der Waals surface area contributed by atoms with Gasteiger partial charge in [0.25, 0.3) is 0 Å². The summed E-state index contributed by atoms with van der Waals surface area (Å²) in [4.78, 5) is 11.6. The molecule has 6 heteroatoms. The fraction of sp³-hybridized carbons (Fsp3) is 0.476. The van der Waals surface area contributed by atoms with Crippen LogP contribution in [-0.2, 0) is 6.54 Å². The first-order chi connectivity index (χ1) is 13.2. The Bertz CT molecular complexity index is 719. The second-order valence-electron chi connectivity index (χ2n) is 7.50. The molecule has 2 atom stereocenters. The van der Waals surface area contributed by atoms with Gasteiger partial charge in [0.15, 0.2) is 0 Å². The summed E-state index contributed by atoms with van der Waals surface area (Å²) >= 11 is 5.97. The van der Waals surface area contributed by atoms with Crippen molar-refractivity contribution >= 4 is 17.4 Å². The van der Waals surface area contributed by atoms with Crippen molar-refractivity contribution in [2.24, 2.45) is 0 Å². The van der Waals surface area contributed by atoms with Crippen LogP contribution in [0.3, 0.4) is 0 Å². The van der Waals surface area contributed by atoms with Crippen molar-refractivity contribution in [3.05, 3.63) is 59.2 Å². The number of nitrogens with zero attached hydrogens (tertiary/aromatic N) is 4. The number of benzene rings is 1. The monoisotopic (exact) mass is 386 g/mol. The van der Waals surface area contributed by atoms with Gasteiger partial charge >= 0.3 is 0 Å². The Morgan fingerprint density at radius 2 is 1.78 bits per heavy atom. The van der Waals surface area contributed by atoms with Crippen LogP contribution in [0, 0.1) is 0 Å². The van der Waals surface area contributed by atoms with E-state index in [0.717, 1.165) is 63.1 Å². The van der Waals surface area contributed by atoms with E-state index in [-0.39, 0.29) is 12.1 Å². The Morgan fingerprint density at radius 3 is 2.44 bits per heavy atom.